The quantitative estimate of drug-likeness (QED) is 0.858. The molecule has 1 N–H and O–H groups in total. The van der Waals surface area contributed by atoms with Crippen LogP contribution < -0.4 is 10.2 Å². The Morgan fingerprint density at radius 2 is 2.28 bits per heavy atom. The second-order valence-electron chi connectivity index (χ2n) is 5.62. The summed E-state index contributed by atoms with van der Waals surface area (Å²) < 4.78 is 0. The first kappa shape index (κ1) is 13.4. The topological polar surface area (TPSA) is 15.3 Å². The molecule has 0 amide bonds. The first-order valence-corrected chi connectivity index (χ1v) is 7.24. The molecule has 1 aromatic carbocycles. The lowest BCUT2D eigenvalue weighted by Crippen LogP contribution is -2.30. The Labute approximate surface area is 111 Å². The van der Waals surface area contributed by atoms with Crippen LogP contribution in [0.5, 0.6) is 0 Å². The average molecular weight is 246 g/mol. The van der Waals surface area contributed by atoms with Gasteiger partial charge in [-0.2, -0.15) is 0 Å². The minimum Gasteiger partial charge on any atom is -0.375 e. The molecule has 1 unspecified atom stereocenters. The van der Waals surface area contributed by atoms with Gasteiger partial charge in [-0.3, -0.25) is 0 Å². The maximum absolute atomic E-state index is 3.50. The Kier molecular flexibility index (Phi) is 5.06. The van der Waals surface area contributed by atoms with Gasteiger partial charge in [0.05, 0.1) is 0 Å². The summed E-state index contributed by atoms with van der Waals surface area (Å²) in [4.78, 5) is 2.38. The van der Waals surface area contributed by atoms with E-state index in [9.17, 15) is 0 Å². The average Bonchev–Trinajstić information content (AvgIpc) is 2.40. The van der Waals surface area contributed by atoms with E-state index < -0.39 is 0 Å². The summed E-state index contributed by atoms with van der Waals surface area (Å²) in [6.07, 6.45) is 5.44. The summed E-state index contributed by atoms with van der Waals surface area (Å²) in [6.45, 7) is 5.78. The fraction of sp³-hybridized carbons (Fsp3) is 0.625. The largest absolute Gasteiger partial charge is 0.375 e. The van der Waals surface area contributed by atoms with Crippen molar-refractivity contribution in [2.75, 3.05) is 31.6 Å². The summed E-state index contributed by atoms with van der Waals surface area (Å²) in [5, 5.41) is 3.50. The number of rotatable bonds is 5. The first-order valence-electron chi connectivity index (χ1n) is 7.24. The predicted molar refractivity (Wildman–Crippen MR) is 79.3 cm³/mol. The molecule has 1 aromatic rings. The summed E-state index contributed by atoms with van der Waals surface area (Å²) >= 11 is 0. The highest BCUT2D eigenvalue weighted by Crippen LogP contribution is 2.18. The number of anilines is 1. The van der Waals surface area contributed by atoms with Crippen LogP contribution in [0.2, 0.25) is 0 Å². The van der Waals surface area contributed by atoms with Gasteiger partial charge in [0.15, 0.2) is 0 Å². The van der Waals surface area contributed by atoms with E-state index >= 15 is 0 Å². The van der Waals surface area contributed by atoms with Crippen LogP contribution in [0.15, 0.2) is 24.3 Å². The third kappa shape index (κ3) is 4.02. The third-order valence-electron chi connectivity index (χ3n) is 3.95. The van der Waals surface area contributed by atoms with Gasteiger partial charge in [0.2, 0.25) is 0 Å². The summed E-state index contributed by atoms with van der Waals surface area (Å²) in [5.41, 5.74) is 2.69. The Morgan fingerprint density at radius 1 is 1.39 bits per heavy atom. The molecule has 0 aromatic heterocycles. The zero-order chi connectivity index (χ0) is 12.8. The van der Waals surface area contributed by atoms with E-state index in [2.05, 4.69) is 48.5 Å². The van der Waals surface area contributed by atoms with E-state index in [4.69, 9.17) is 0 Å². The van der Waals surface area contributed by atoms with Gasteiger partial charge in [-0.25, -0.2) is 0 Å². The fourth-order valence-corrected chi connectivity index (χ4v) is 2.78. The molecular formula is C16H26N2. The molecule has 1 aliphatic rings. The fourth-order valence-electron chi connectivity index (χ4n) is 2.78. The minimum atomic E-state index is 0.907. The molecule has 0 spiro atoms. The van der Waals surface area contributed by atoms with Crippen molar-refractivity contribution in [1.29, 1.82) is 0 Å². The van der Waals surface area contributed by atoms with Gasteiger partial charge in [-0.05, 0) is 69.3 Å². The van der Waals surface area contributed by atoms with Gasteiger partial charge in [-0.1, -0.05) is 12.1 Å². The number of nitrogens with zero attached hydrogens (tertiary/aromatic N) is 1. The number of piperidine rings is 1. The van der Waals surface area contributed by atoms with Crippen molar-refractivity contribution in [2.24, 2.45) is 5.92 Å². The molecule has 1 aliphatic heterocycles. The number of hydrogen-bond acceptors (Lipinski definition) is 2. The predicted octanol–water partition coefficient (Wildman–Crippen LogP) is 3.21. The number of aryl methyl sites for hydroxylation is 1. The summed E-state index contributed by atoms with van der Waals surface area (Å²) in [5.74, 6) is 0.907. The van der Waals surface area contributed by atoms with Crippen LogP contribution in [0.25, 0.3) is 0 Å². The molecule has 0 aliphatic carbocycles. The molecule has 1 fully saturated rings. The van der Waals surface area contributed by atoms with Crippen LogP contribution >= 0.6 is 0 Å². The maximum atomic E-state index is 3.50. The van der Waals surface area contributed by atoms with Crippen molar-refractivity contribution < 1.29 is 0 Å². The molecule has 0 bridgehead atoms. The van der Waals surface area contributed by atoms with Crippen molar-refractivity contribution >= 4 is 5.69 Å². The molecule has 18 heavy (non-hydrogen) atoms. The van der Waals surface area contributed by atoms with Crippen LogP contribution in [-0.4, -0.2) is 26.7 Å². The van der Waals surface area contributed by atoms with E-state index in [0.717, 1.165) is 5.92 Å². The highest BCUT2D eigenvalue weighted by Gasteiger charge is 2.12. The lowest BCUT2D eigenvalue weighted by Gasteiger charge is -2.24. The zero-order valence-corrected chi connectivity index (χ0v) is 11.8. The monoisotopic (exact) mass is 246 g/mol. The minimum absolute atomic E-state index is 0.907. The molecule has 2 nitrogen and oxygen atoms in total. The van der Waals surface area contributed by atoms with Gasteiger partial charge in [0.1, 0.15) is 0 Å². The summed E-state index contributed by atoms with van der Waals surface area (Å²) in [6, 6.07) is 8.77. The number of hydrogen-bond donors (Lipinski definition) is 1. The molecule has 0 saturated carbocycles. The molecular weight excluding hydrogens is 220 g/mol. The highest BCUT2D eigenvalue weighted by molar-refractivity contribution is 5.47. The Bertz CT molecular complexity index is 356. The molecule has 1 heterocycles. The number of benzene rings is 1. The molecule has 2 heteroatoms. The SMILES string of the molecule is Cc1cccc(N(C)CCCC2CCCNC2)c1. The van der Waals surface area contributed by atoms with Crippen LogP contribution in [-0.2, 0) is 0 Å². The Morgan fingerprint density at radius 3 is 3.00 bits per heavy atom. The van der Waals surface area contributed by atoms with E-state index in [0.29, 0.717) is 0 Å². The molecule has 2 rings (SSSR count). The van der Waals surface area contributed by atoms with Gasteiger partial charge in [-0.15, -0.1) is 0 Å². The summed E-state index contributed by atoms with van der Waals surface area (Å²) in [7, 11) is 2.20. The van der Waals surface area contributed by atoms with Crippen molar-refractivity contribution in [3.05, 3.63) is 29.8 Å². The van der Waals surface area contributed by atoms with Crippen molar-refractivity contribution in [3.8, 4) is 0 Å². The standard InChI is InChI=1S/C16H26N2/c1-14-6-3-9-16(12-14)18(2)11-5-8-15-7-4-10-17-13-15/h3,6,9,12,15,17H,4-5,7-8,10-11,13H2,1-2H3. The van der Waals surface area contributed by atoms with Crippen LogP contribution in [0.1, 0.15) is 31.2 Å². The molecule has 1 atom stereocenters. The van der Waals surface area contributed by atoms with Gasteiger partial charge in [0.25, 0.3) is 0 Å². The van der Waals surface area contributed by atoms with Crippen molar-refractivity contribution in [3.63, 3.8) is 0 Å². The molecule has 1 saturated heterocycles. The lowest BCUT2D eigenvalue weighted by molar-refractivity contribution is 0.352. The van der Waals surface area contributed by atoms with Gasteiger partial charge >= 0.3 is 0 Å². The highest BCUT2D eigenvalue weighted by atomic mass is 15.1. The second kappa shape index (κ2) is 6.79. The van der Waals surface area contributed by atoms with E-state index in [1.165, 1.54) is 56.6 Å². The first-order chi connectivity index (χ1) is 8.75. The lowest BCUT2D eigenvalue weighted by atomic mass is 9.94. The normalized spacial score (nSPS) is 19.8. The van der Waals surface area contributed by atoms with Crippen LogP contribution in [0.3, 0.4) is 0 Å². The Balaban J connectivity index is 1.72. The Hall–Kier alpha value is -1.02. The van der Waals surface area contributed by atoms with E-state index in [1.54, 1.807) is 0 Å². The van der Waals surface area contributed by atoms with E-state index in [-0.39, 0.29) is 0 Å². The van der Waals surface area contributed by atoms with Gasteiger partial charge < -0.3 is 10.2 Å². The molecule has 100 valence electrons. The van der Waals surface area contributed by atoms with Gasteiger partial charge in [0, 0.05) is 19.3 Å². The molecule has 0 radical (unpaired) electrons. The second-order valence-corrected chi connectivity index (χ2v) is 5.62. The zero-order valence-electron chi connectivity index (χ0n) is 11.8. The number of nitrogens with one attached hydrogen (secondary N) is 1. The van der Waals surface area contributed by atoms with Crippen LogP contribution in [0.4, 0.5) is 5.69 Å². The maximum Gasteiger partial charge on any atom is 0.0366 e. The third-order valence-corrected chi connectivity index (χ3v) is 3.95. The van der Waals surface area contributed by atoms with E-state index in [1.807, 2.05) is 0 Å². The van der Waals surface area contributed by atoms with Crippen molar-refractivity contribution in [2.45, 2.75) is 32.6 Å². The van der Waals surface area contributed by atoms with Crippen molar-refractivity contribution in [1.82, 2.24) is 5.32 Å². The van der Waals surface area contributed by atoms with Crippen LogP contribution in [0, 0.1) is 12.8 Å². The smallest absolute Gasteiger partial charge is 0.0366 e.